The molecule has 1 aliphatic heterocycles. The van der Waals surface area contributed by atoms with E-state index in [0.717, 1.165) is 90.4 Å². The Bertz CT molecular complexity index is 1520. The molecule has 1 heterocycles. The Morgan fingerprint density at radius 3 is 1.55 bits per heavy atom. The molecule has 1 saturated heterocycles. The van der Waals surface area contributed by atoms with E-state index < -0.39 is 5.60 Å². The van der Waals surface area contributed by atoms with Crippen LogP contribution in [0, 0.1) is 28.6 Å². The number of rotatable bonds is 11. The number of hydrogen-bond donors (Lipinski definition) is 2. The maximum atomic E-state index is 13.0. The maximum absolute atomic E-state index is 13.0. The number of nitrogens with one attached hydrogen (secondary N) is 2. The molecule has 4 rings (SSSR count). The quantitative estimate of drug-likeness (QED) is 0.189. The van der Waals surface area contributed by atoms with Crippen LogP contribution in [0.4, 0.5) is 0 Å². The molecular formula is C44H70N6O8. The van der Waals surface area contributed by atoms with Gasteiger partial charge in [-0.15, -0.1) is 0 Å². The molecule has 3 aliphatic rings. The molecule has 2 bridgehead atoms. The number of hydrogen-bond acceptors (Lipinski definition) is 12. The van der Waals surface area contributed by atoms with Gasteiger partial charge in [-0.2, -0.15) is 19.2 Å². The average molecular weight is 811 g/mol. The zero-order chi connectivity index (χ0) is 43.5. The molecule has 324 valence electrons. The van der Waals surface area contributed by atoms with E-state index in [2.05, 4.69) is 83.9 Å². The van der Waals surface area contributed by atoms with E-state index >= 15 is 0 Å². The van der Waals surface area contributed by atoms with E-state index in [9.17, 15) is 14.4 Å². The highest BCUT2D eigenvalue weighted by Crippen LogP contribution is 2.43. The normalized spacial score (nSPS) is 21.1. The number of fused-ring (bicyclic) bond motifs is 2. The third-order valence-corrected chi connectivity index (χ3v) is 10.0. The third kappa shape index (κ3) is 20.6. The summed E-state index contributed by atoms with van der Waals surface area (Å²) >= 11 is 0. The van der Waals surface area contributed by atoms with Crippen molar-refractivity contribution in [3.63, 3.8) is 0 Å². The standard InChI is InChI=1S/C42H70N6O4.2CO2/c1-40(2,3)30-47-22-20-45(18-19-46(29-37(49)52-42(7,8)9)21-23-48(25-24-47)31-41(4,5)6)28-32-10-13-34(14-11-32)38(50)43-16-17-44-39(51)36-27-33-12-15-35(36)26-33;2*2-1-3/h10-15,33,35-36H,16-31H2,1-9H3,(H,43,50)(H,44,51);;. The summed E-state index contributed by atoms with van der Waals surface area (Å²) < 4.78 is 5.74. The number of carbonyl (C=O) groups is 3. The first-order valence-corrected chi connectivity index (χ1v) is 20.6. The first-order chi connectivity index (χ1) is 27.1. The van der Waals surface area contributed by atoms with Crippen molar-refractivity contribution in [3.05, 3.63) is 47.5 Å². The Hall–Kier alpha value is -4.03. The summed E-state index contributed by atoms with van der Waals surface area (Å²) in [6, 6.07) is 7.88. The zero-order valence-electron chi connectivity index (χ0n) is 36.6. The van der Waals surface area contributed by atoms with E-state index in [0.29, 0.717) is 30.5 Å². The molecule has 2 aliphatic carbocycles. The lowest BCUT2D eigenvalue weighted by molar-refractivity contribution is -0.193. The van der Waals surface area contributed by atoms with E-state index in [4.69, 9.17) is 23.9 Å². The summed E-state index contributed by atoms with van der Waals surface area (Å²) in [6.45, 7) is 30.6. The number of carbonyl (C=O) groups excluding carboxylic acids is 7. The van der Waals surface area contributed by atoms with Crippen molar-refractivity contribution in [2.45, 2.75) is 87.3 Å². The van der Waals surface area contributed by atoms with Crippen molar-refractivity contribution in [1.29, 1.82) is 0 Å². The minimum atomic E-state index is -0.518. The monoisotopic (exact) mass is 811 g/mol. The average Bonchev–Trinajstić information content (AvgIpc) is 3.75. The van der Waals surface area contributed by atoms with Gasteiger partial charge in [0, 0.05) is 96.6 Å². The number of allylic oxidation sites excluding steroid dienone is 2. The molecule has 1 saturated carbocycles. The van der Waals surface area contributed by atoms with E-state index in [1.807, 2.05) is 45.0 Å². The molecule has 2 N–H and O–H groups in total. The van der Waals surface area contributed by atoms with Crippen LogP contribution in [0.15, 0.2) is 36.4 Å². The molecule has 0 aromatic heterocycles. The van der Waals surface area contributed by atoms with Crippen LogP contribution in [0.25, 0.3) is 0 Å². The molecule has 14 nitrogen and oxygen atoms in total. The van der Waals surface area contributed by atoms with Gasteiger partial charge >= 0.3 is 18.3 Å². The van der Waals surface area contributed by atoms with Crippen LogP contribution in [-0.4, -0.2) is 140 Å². The van der Waals surface area contributed by atoms with Gasteiger partial charge in [0.05, 0.1) is 6.54 Å². The Balaban J connectivity index is 0.00000182. The largest absolute Gasteiger partial charge is 0.459 e. The van der Waals surface area contributed by atoms with Crippen molar-refractivity contribution in [3.8, 4) is 0 Å². The van der Waals surface area contributed by atoms with Crippen molar-refractivity contribution in [2.24, 2.45) is 28.6 Å². The Labute approximate surface area is 346 Å². The summed E-state index contributed by atoms with van der Waals surface area (Å²) in [5, 5.41) is 5.98. The SMILES string of the molecule is CC(C)(C)CN1CCN(CC(=O)OC(C)(C)C)CCN(Cc2ccc(C(=O)NCCNC(=O)C3CC4C=CC3C4)cc2)CCN(CC(C)(C)C)CC1.O=C=O.O=C=O. The minimum absolute atomic E-state index is 0.0768. The van der Waals surface area contributed by atoms with Gasteiger partial charge in [0.2, 0.25) is 5.91 Å². The fourth-order valence-corrected chi connectivity index (χ4v) is 7.81. The van der Waals surface area contributed by atoms with Crippen LogP contribution >= 0.6 is 0 Å². The summed E-state index contributed by atoms with van der Waals surface area (Å²) in [5.74, 6) is 0.803. The Morgan fingerprint density at radius 2 is 1.12 bits per heavy atom. The van der Waals surface area contributed by atoms with Crippen LogP contribution in [0.3, 0.4) is 0 Å². The molecule has 2 amide bonds. The fraction of sp³-hybridized carbons (Fsp3) is 0.705. The molecule has 1 aromatic rings. The summed E-state index contributed by atoms with van der Waals surface area (Å²) in [6.07, 6.45) is 6.97. The van der Waals surface area contributed by atoms with Gasteiger partial charge in [0.15, 0.2) is 0 Å². The molecule has 0 radical (unpaired) electrons. The van der Waals surface area contributed by atoms with Gasteiger partial charge in [-0.1, -0.05) is 65.8 Å². The molecule has 3 atom stereocenters. The van der Waals surface area contributed by atoms with Crippen LogP contribution in [-0.2, 0) is 40.0 Å². The molecule has 58 heavy (non-hydrogen) atoms. The van der Waals surface area contributed by atoms with E-state index in [1.165, 1.54) is 0 Å². The third-order valence-electron chi connectivity index (χ3n) is 10.0. The second-order valence-electron chi connectivity index (χ2n) is 19.1. The molecule has 1 aromatic carbocycles. The highest BCUT2D eigenvalue weighted by Gasteiger charge is 2.39. The van der Waals surface area contributed by atoms with Crippen LogP contribution < -0.4 is 10.6 Å². The van der Waals surface area contributed by atoms with Gasteiger partial charge in [-0.3, -0.25) is 24.2 Å². The second kappa shape index (κ2) is 24.1. The summed E-state index contributed by atoms with van der Waals surface area (Å²) in [4.78, 5) is 81.0. The van der Waals surface area contributed by atoms with E-state index in [1.54, 1.807) is 0 Å². The van der Waals surface area contributed by atoms with Crippen molar-refractivity contribution in [1.82, 2.24) is 30.2 Å². The zero-order valence-corrected chi connectivity index (χ0v) is 36.6. The highest BCUT2D eigenvalue weighted by atomic mass is 16.6. The van der Waals surface area contributed by atoms with Gasteiger partial charge in [0.1, 0.15) is 5.60 Å². The maximum Gasteiger partial charge on any atom is 0.373 e. The minimum Gasteiger partial charge on any atom is -0.459 e. The van der Waals surface area contributed by atoms with Gasteiger partial charge in [0.25, 0.3) is 5.91 Å². The van der Waals surface area contributed by atoms with Crippen molar-refractivity contribution in [2.75, 3.05) is 85.1 Å². The fourth-order valence-electron chi connectivity index (χ4n) is 7.81. The smallest absolute Gasteiger partial charge is 0.373 e. The molecule has 3 unspecified atom stereocenters. The summed E-state index contributed by atoms with van der Waals surface area (Å²) in [5.41, 5.74) is 1.61. The number of amides is 2. The van der Waals surface area contributed by atoms with Crippen LogP contribution in [0.2, 0.25) is 0 Å². The summed E-state index contributed by atoms with van der Waals surface area (Å²) in [7, 11) is 0. The first-order valence-electron chi connectivity index (χ1n) is 20.6. The highest BCUT2D eigenvalue weighted by molar-refractivity contribution is 5.94. The lowest BCUT2D eigenvalue weighted by Crippen LogP contribution is -2.49. The number of nitrogens with zero attached hydrogens (tertiary/aromatic N) is 4. The van der Waals surface area contributed by atoms with E-state index in [-0.39, 0.29) is 53.4 Å². The van der Waals surface area contributed by atoms with Crippen LogP contribution in [0.5, 0.6) is 0 Å². The molecule has 14 heteroatoms. The molecule has 0 spiro atoms. The van der Waals surface area contributed by atoms with Gasteiger partial charge < -0.3 is 25.2 Å². The predicted octanol–water partition coefficient (Wildman–Crippen LogP) is 3.73. The van der Waals surface area contributed by atoms with Crippen molar-refractivity contribution < 1.29 is 38.3 Å². The number of benzene rings is 1. The molecular weight excluding hydrogens is 741 g/mol. The number of ether oxygens (including phenoxy) is 1. The lowest BCUT2D eigenvalue weighted by atomic mass is 9.93. The second-order valence-corrected chi connectivity index (χ2v) is 19.1. The topological polar surface area (TPSA) is 166 Å². The Kier molecular flexibility index (Phi) is 20.9. The number of esters is 1. The van der Waals surface area contributed by atoms with Gasteiger partial charge in [-0.05, 0) is 74.0 Å². The van der Waals surface area contributed by atoms with Crippen molar-refractivity contribution >= 4 is 30.1 Å². The van der Waals surface area contributed by atoms with Gasteiger partial charge in [-0.25, -0.2) is 0 Å². The molecule has 2 fully saturated rings. The van der Waals surface area contributed by atoms with Crippen LogP contribution in [0.1, 0.15) is 91.1 Å². The Morgan fingerprint density at radius 1 is 0.655 bits per heavy atom. The predicted molar refractivity (Wildman–Crippen MR) is 220 cm³/mol. The lowest BCUT2D eigenvalue weighted by Gasteiger charge is -2.38. The first kappa shape index (κ1) is 50.1.